The molecule has 1 N–H and O–H groups in total. The first-order valence-corrected chi connectivity index (χ1v) is 11.6. The number of carbonyl (C=O) groups is 1. The minimum absolute atomic E-state index is 0.0186. The van der Waals surface area contributed by atoms with Crippen LogP contribution in [-0.2, 0) is 6.42 Å². The Labute approximate surface area is 193 Å². The summed E-state index contributed by atoms with van der Waals surface area (Å²) in [7, 11) is 3.12. The first kappa shape index (κ1) is 20.7. The minimum atomic E-state index is -0.976. The highest BCUT2D eigenvalue weighted by Crippen LogP contribution is 2.50. The molecule has 3 heterocycles. The van der Waals surface area contributed by atoms with Crippen molar-refractivity contribution in [3.63, 3.8) is 0 Å². The van der Waals surface area contributed by atoms with E-state index in [9.17, 15) is 9.90 Å². The molecule has 2 aromatic carbocycles. The maximum atomic E-state index is 13.6. The Morgan fingerprint density at radius 2 is 1.90 bits per heavy atom. The Morgan fingerprint density at radius 3 is 2.61 bits per heavy atom. The lowest BCUT2D eigenvalue weighted by Crippen LogP contribution is -2.44. The van der Waals surface area contributed by atoms with Crippen LogP contribution in [0.25, 0.3) is 0 Å². The van der Waals surface area contributed by atoms with E-state index in [-0.39, 0.29) is 18.5 Å². The largest absolute Gasteiger partial charge is 0.493 e. The lowest BCUT2D eigenvalue weighted by molar-refractivity contribution is -0.0167. The van der Waals surface area contributed by atoms with E-state index in [1.54, 1.807) is 45.4 Å². The van der Waals surface area contributed by atoms with Crippen LogP contribution in [0.3, 0.4) is 0 Å². The number of methoxy groups -OCH3 is 2. The molecule has 31 heavy (non-hydrogen) atoms. The van der Waals surface area contributed by atoms with E-state index in [4.69, 9.17) is 23.7 Å². The van der Waals surface area contributed by atoms with Gasteiger partial charge in [-0.3, -0.25) is 4.79 Å². The van der Waals surface area contributed by atoms with Crippen LogP contribution < -0.4 is 23.7 Å². The minimum Gasteiger partial charge on any atom is -0.493 e. The van der Waals surface area contributed by atoms with Gasteiger partial charge in [-0.05, 0) is 25.1 Å². The van der Waals surface area contributed by atoms with Crippen LogP contribution in [0, 0.1) is 0 Å². The molecule has 0 aliphatic carbocycles. The number of aliphatic hydroxyl groups is 1. The number of ether oxygens (including phenoxy) is 5. The van der Waals surface area contributed by atoms with Crippen molar-refractivity contribution in [3.05, 3.63) is 41.0 Å². The Bertz CT molecular complexity index is 1060. The fourth-order valence-corrected chi connectivity index (χ4v) is 4.99. The van der Waals surface area contributed by atoms with Crippen LogP contribution in [0.2, 0.25) is 0 Å². The second-order valence-electron chi connectivity index (χ2n) is 8.27. The first-order valence-electron chi connectivity index (χ1n) is 10.1. The molecule has 0 amide bonds. The quantitative estimate of drug-likeness (QED) is 0.475. The standard InChI is InChI=1S/C23H23IO7/c1-23(26,10-24)19-7-13-14(30-19)5-4-11-21(25)20-12-6-16(27-2)17(28-3)8-15(12)29-9-18(20)31-22(11)13/h4-6,8,18-20,26H,7,9-10H2,1-3H3/t18-,19?,20+,23-/m1/s1/i24-2. The van der Waals surface area contributed by atoms with Gasteiger partial charge in [-0.25, -0.2) is 0 Å². The van der Waals surface area contributed by atoms with Gasteiger partial charge in [-0.15, -0.1) is 0 Å². The van der Waals surface area contributed by atoms with Gasteiger partial charge in [0.1, 0.15) is 41.7 Å². The number of hydrogen-bond acceptors (Lipinski definition) is 7. The number of benzene rings is 2. The van der Waals surface area contributed by atoms with E-state index in [0.717, 1.165) is 11.1 Å². The maximum absolute atomic E-state index is 13.6. The van der Waals surface area contributed by atoms with Crippen LogP contribution in [-0.4, -0.2) is 54.0 Å². The predicted octanol–water partition coefficient (Wildman–Crippen LogP) is 3.31. The van der Waals surface area contributed by atoms with Crippen molar-refractivity contribution in [2.24, 2.45) is 0 Å². The molecule has 2 aromatic rings. The molecule has 5 rings (SSSR count). The highest BCUT2D eigenvalue weighted by atomic mass is 125. The second-order valence-corrected chi connectivity index (χ2v) is 9.04. The molecule has 3 aliphatic rings. The Balaban J connectivity index is 1.55. The second kappa shape index (κ2) is 7.44. The molecule has 0 radical (unpaired) electrons. The predicted molar refractivity (Wildman–Crippen MR) is 121 cm³/mol. The Hall–Kier alpha value is -2.20. The van der Waals surface area contributed by atoms with Crippen LogP contribution in [0.5, 0.6) is 28.7 Å². The summed E-state index contributed by atoms with van der Waals surface area (Å²) in [6, 6.07) is 7.10. The molecule has 4 atom stereocenters. The maximum Gasteiger partial charge on any atom is 0.178 e. The molecule has 1 unspecified atom stereocenters. The molecule has 0 saturated heterocycles. The molecule has 164 valence electrons. The van der Waals surface area contributed by atoms with Crippen LogP contribution in [0.4, 0.5) is 0 Å². The molecule has 0 bridgehead atoms. The molecule has 7 nitrogen and oxygen atoms in total. The van der Waals surface area contributed by atoms with Gasteiger partial charge in [0.05, 0.1) is 25.7 Å². The third kappa shape index (κ3) is 3.14. The molecular formula is C23H23IO7. The van der Waals surface area contributed by atoms with Crippen LogP contribution in [0.15, 0.2) is 24.3 Å². The van der Waals surface area contributed by atoms with Gasteiger partial charge in [0.15, 0.2) is 17.3 Å². The van der Waals surface area contributed by atoms with Gasteiger partial charge in [0.25, 0.3) is 0 Å². The smallest absolute Gasteiger partial charge is 0.178 e. The Morgan fingerprint density at radius 1 is 1.16 bits per heavy atom. The number of rotatable bonds is 4. The molecule has 0 saturated carbocycles. The molecule has 8 heteroatoms. The average Bonchev–Trinajstić information content (AvgIpc) is 3.23. The van der Waals surface area contributed by atoms with Gasteiger partial charge in [-0.1, -0.05) is 22.6 Å². The number of alkyl halides is 1. The molecule has 3 aliphatic heterocycles. The average molecular weight is 536 g/mol. The van der Waals surface area contributed by atoms with Gasteiger partial charge >= 0.3 is 0 Å². The summed E-state index contributed by atoms with van der Waals surface area (Å²) in [4.78, 5) is 13.6. The third-order valence-corrected chi connectivity index (χ3v) is 7.83. The van der Waals surface area contributed by atoms with Gasteiger partial charge in [-0.2, -0.15) is 0 Å². The van der Waals surface area contributed by atoms with Gasteiger partial charge in [0, 0.05) is 28.0 Å². The highest BCUT2D eigenvalue weighted by molar-refractivity contribution is 14.1. The Kier molecular flexibility index (Phi) is 4.97. The van der Waals surface area contributed by atoms with Crippen LogP contribution >= 0.6 is 22.6 Å². The lowest BCUT2D eigenvalue weighted by Gasteiger charge is -2.37. The van der Waals surface area contributed by atoms with E-state index in [1.807, 2.05) is 0 Å². The third-order valence-electron chi connectivity index (χ3n) is 6.28. The van der Waals surface area contributed by atoms with Crippen molar-refractivity contribution in [1.82, 2.24) is 0 Å². The summed E-state index contributed by atoms with van der Waals surface area (Å²) < 4.78 is 29.6. The zero-order valence-corrected chi connectivity index (χ0v) is 19.6. The number of Topliss-reactive ketones (excluding diaryl/α,β-unsaturated/α-hetero) is 1. The SMILES string of the molecule is COc1cc2c(cc1OC)[C@@H]1C(=O)c3ccc4c(c3O[C@@H]1CO2)CC([C@](C)(O)C[125I])O4. The van der Waals surface area contributed by atoms with Gasteiger partial charge < -0.3 is 28.8 Å². The monoisotopic (exact) mass is 536 g/mol. The van der Waals surface area contributed by atoms with Crippen molar-refractivity contribution in [3.8, 4) is 28.7 Å². The topological polar surface area (TPSA) is 83.5 Å². The normalized spacial score (nSPS) is 24.9. The number of ketones is 1. The molecular weight excluding hydrogens is 513 g/mol. The number of hydrogen-bond donors (Lipinski definition) is 1. The van der Waals surface area contributed by atoms with Crippen molar-refractivity contribution < 1.29 is 33.6 Å². The summed E-state index contributed by atoms with van der Waals surface area (Å²) in [5.74, 6) is 2.37. The first-order chi connectivity index (χ1) is 14.9. The highest BCUT2D eigenvalue weighted by Gasteiger charge is 2.47. The number of carbonyl (C=O) groups excluding carboxylic acids is 1. The van der Waals surface area contributed by atoms with E-state index in [0.29, 0.717) is 45.2 Å². The molecule has 0 aromatic heterocycles. The van der Waals surface area contributed by atoms with Crippen molar-refractivity contribution in [1.29, 1.82) is 0 Å². The van der Waals surface area contributed by atoms with Crippen LogP contribution in [0.1, 0.15) is 34.3 Å². The molecule has 0 fully saturated rings. The van der Waals surface area contributed by atoms with E-state index >= 15 is 0 Å². The lowest BCUT2D eigenvalue weighted by atomic mass is 9.81. The fraction of sp³-hybridized carbons (Fsp3) is 0.435. The summed E-state index contributed by atoms with van der Waals surface area (Å²) in [5.41, 5.74) is 1.11. The zero-order chi connectivity index (χ0) is 21.9. The van der Waals surface area contributed by atoms with Crippen molar-refractivity contribution >= 4 is 28.4 Å². The zero-order valence-electron chi connectivity index (χ0n) is 17.4. The number of fused-ring (bicyclic) bond motifs is 6. The fourth-order valence-electron chi connectivity index (χ4n) is 4.50. The summed E-state index contributed by atoms with van der Waals surface area (Å²) in [5, 5.41) is 10.7. The van der Waals surface area contributed by atoms with E-state index < -0.39 is 17.6 Å². The van der Waals surface area contributed by atoms with E-state index in [1.165, 1.54) is 0 Å². The van der Waals surface area contributed by atoms with Gasteiger partial charge in [0.2, 0.25) is 0 Å². The van der Waals surface area contributed by atoms with E-state index in [2.05, 4.69) is 22.6 Å². The summed E-state index contributed by atoms with van der Waals surface area (Å²) >= 11 is 2.15. The van der Waals surface area contributed by atoms with Crippen molar-refractivity contribution in [2.75, 3.05) is 25.3 Å². The summed E-state index contributed by atoms with van der Waals surface area (Å²) in [6.45, 7) is 2.01. The number of halogens is 1. The van der Waals surface area contributed by atoms with Crippen molar-refractivity contribution in [2.45, 2.75) is 37.1 Å². The summed E-state index contributed by atoms with van der Waals surface area (Å²) in [6.07, 6.45) is -0.356. The molecule has 0 spiro atoms.